The molecule has 2 saturated heterocycles. The fourth-order valence-electron chi connectivity index (χ4n) is 3.72. The molecule has 1 amide bonds. The second-order valence-electron chi connectivity index (χ2n) is 6.77. The lowest BCUT2D eigenvalue weighted by Crippen LogP contribution is -2.66. The number of fused-ring (bicyclic) bond motifs is 1. The lowest BCUT2D eigenvalue weighted by molar-refractivity contribution is -0.131. The number of nitrogens with zero attached hydrogens (tertiary/aromatic N) is 1. The Morgan fingerprint density at radius 1 is 1.20 bits per heavy atom. The van der Waals surface area contributed by atoms with Gasteiger partial charge in [-0.05, 0) is 31.0 Å². The topological polar surface area (TPSA) is 74.6 Å². The van der Waals surface area contributed by atoms with Crippen LogP contribution in [-0.4, -0.2) is 42.5 Å². The highest BCUT2D eigenvalue weighted by Crippen LogP contribution is 2.25. The fourth-order valence-corrected chi connectivity index (χ4v) is 3.89. The van der Waals surface area contributed by atoms with Crippen molar-refractivity contribution in [3.63, 3.8) is 0 Å². The Labute approximate surface area is 150 Å². The molecule has 0 atom stereocenters. The Hall–Kier alpha value is -1.89. The van der Waals surface area contributed by atoms with E-state index in [0.29, 0.717) is 34.6 Å². The van der Waals surface area contributed by atoms with Gasteiger partial charge >= 0.3 is 0 Å². The van der Waals surface area contributed by atoms with Gasteiger partial charge in [-0.25, -0.2) is 0 Å². The van der Waals surface area contributed by atoms with E-state index in [1.807, 2.05) is 0 Å². The molecule has 2 fully saturated rings. The summed E-state index contributed by atoms with van der Waals surface area (Å²) in [6, 6.07) is 5.06. The zero-order chi connectivity index (χ0) is 17.4. The third-order valence-corrected chi connectivity index (χ3v) is 5.45. The number of rotatable bonds is 2. The number of benzene rings is 1. The molecule has 25 heavy (non-hydrogen) atoms. The van der Waals surface area contributed by atoms with Crippen LogP contribution in [0.25, 0.3) is 11.0 Å². The van der Waals surface area contributed by atoms with E-state index in [1.54, 1.807) is 18.2 Å². The monoisotopic (exact) mass is 361 g/mol. The Kier molecular flexibility index (Phi) is 4.27. The summed E-state index contributed by atoms with van der Waals surface area (Å²) in [5, 5.41) is 7.35. The molecule has 2 N–H and O–H groups in total. The summed E-state index contributed by atoms with van der Waals surface area (Å²) in [6.45, 7) is 3.52. The summed E-state index contributed by atoms with van der Waals surface area (Å²) in [6.07, 6.45) is 3.02. The van der Waals surface area contributed by atoms with Gasteiger partial charge in [0, 0.05) is 43.3 Å². The van der Waals surface area contributed by atoms with Crippen molar-refractivity contribution in [3.05, 3.63) is 45.3 Å². The molecule has 4 rings (SSSR count). The molecule has 0 saturated carbocycles. The van der Waals surface area contributed by atoms with Crippen molar-refractivity contribution in [2.75, 3.05) is 26.2 Å². The average molecular weight is 362 g/mol. The quantitative estimate of drug-likeness (QED) is 0.848. The molecule has 2 aliphatic heterocycles. The summed E-state index contributed by atoms with van der Waals surface area (Å²) < 4.78 is 5.59. The molecule has 0 unspecified atom stereocenters. The number of amides is 1. The van der Waals surface area contributed by atoms with Crippen LogP contribution in [0.15, 0.2) is 33.7 Å². The zero-order valence-corrected chi connectivity index (χ0v) is 14.6. The Morgan fingerprint density at radius 3 is 2.76 bits per heavy atom. The number of halogens is 1. The molecule has 1 spiro atoms. The molecule has 1 aromatic carbocycles. The van der Waals surface area contributed by atoms with Crippen LogP contribution in [0.1, 0.15) is 18.4 Å². The van der Waals surface area contributed by atoms with E-state index in [2.05, 4.69) is 15.5 Å². The first-order valence-electron chi connectivity index (χ1n) is 8.53. The van der Waals surface area contributed by atoms with Crippen LogP contribution in [0.4, 0.5) is 0 Å². The lowest BCUT2D eigenvalue weighted by Gasteiger charge is -2.43. The van der Waals surface area contributed by atoms with Crippen molar-refractivity contribution in [3.8, 4) is 0 Å². The van der Waals surface area contributed by atoms with Crippen LogP contribution < -0.4 is 16.1 Å². The van der Waals surface area contributed by atoms with Gasteiger partial charge in [-0.2, -0.15) is 0 Å². The van der Waals surface area contributed by atoms with Crippen molar-refractivity contribution in [1.29, 1.82) is 0 Å². The first-order chi connectivity index (χ1) is 12.1. The van der Waals surface area contributed by atoms with E-state index in [9.17, 15) is 9.59 Å². The van der Waals surface area contributed by atoms with E-state index in [0.717, 1.165) is 32.5 Å². The maximum atomic E-state index is 12.7. The molecule has 0 bridgehead atoms. The minimum atomic E-state index is -0.448. The zero-order valence-electron chi connectivity index (χ0n) is 13.8. The van der Waals surface area contributed by atoms with Crippen molar-refractivity contribution in [1.82, 2.24) is 15.5 Å². The maximum absolute atomic E-state index is 12.7. The van der Waals surface area contributed by atoms with Crippen molar-refractivity contribution in [2.24, 2.45) is 0 Å². The molecule has 1 aromatic heterocycles. The standard InChI is InChI=1S/C18H20ClN3O3/c19-13-1-2-15-14(9-13)16(23)12(11-25-15)10-22-7-3-18(4-8-22)17(24)20-5-6-21-18/h1-2,9,11,21H,3-8,10H2,(H,20,24). The van der Waals surface area contributed by atoms with Gasteiger partial charge in [0.05, 0.1) is 11.6 Å². The predicted molar refractivity (Wildman–Crippen MR) is 95.7 cm³/mol. The number of carbonyl (C=O) groups excluding carboxylic acids is 1. The largest absolute Gasteiger partial charge is 0.464 e. The number of piperazine rings is 1. The number of hydrogen-bond acceptors (Lipinski definition) is 5. The minimum Gasteiger partial charge on any atom is -0.464 e. The number of carbonyl (C=O) groups is 1. The summed E-state index contributed by atoms with van der Waals surface area (Å²) >= 11 is 6.00. The molecule has 7 heteroatoms. The van der Waals surface area contributed by atoms with E-state index in [1.165, 1.54) is 6.26 Å². The molecule has 0 aliphatic carbocycles. The molecule has 2 aliphatic rings. The molecular formula is C18H20ClN3O3. The fraction of sp³-hybridized carbons (Fsp3) is 0.444. The van der Waals surface area contributed by atoms with Crippen LogP contribution >= 0.6 is 11.6 Å². The Balaban J connectivity index is 1.50. The van der Waals surface area contributed by atoms with Crippen molar-refractivity contribution >= 4 is 28.5 Å². The normalized spacial score (nSPS) is 20.8. The summed E-state index contributed by atoms with van der Waals surface area (Å²) in [5.41, 5.74) is 0.666. The smallest absolute Gasteiger partial charge is 0.240 e. The molecule has 6 nitrogen and oxygen atoms in total. The molecule has 0 radical (unpaired) electrons. The van der Waals surface area contributed by atoms with Gasteiger partial charge in [-0.15, -0.1) is 0 Å². The predicted octanol–water partition coefficient (Wildman–Crippen LogP) is 1.50. The Bertz CT molecular complexity index is 871. The maximum Gasteiger partial charge on any atom is 0.240 e. The number of likely N-dealkylation sites (tertiary alicyclic amines) is 1. The van der Waals surface area contributed by atoms with Crippen molar-refractivity contribution < 1.29 is 9.21 Å². The highest BCUT2D eigenvalue weighted by Gasteiger charge is 2.42. The molecule has 2 aromatic rings. The second kappa shape index (κ2) is 6.44. The van der Waals surface area contributed by atoms with E-state index in [4.69, 9.17) is 16.0 Å². The van der Waals surface area contributed by atoms with Gasteiger partial charge in [0.25, 0.3) is 0 Å². The number of piperidine rings is 1. The SMILES string of the molecule is O=C1NCCNC12CCN(Cc1coc3ccc(Cl)cc3c1=O)CC2. The number of hydrogen-bond donors (Lipinski definition) is 2. The summed E-state index contributed by atoms with van der Waals surface area (Å²) in [4.78, 5) is 27.1. The van der Waals surface area contributed by atoms with E-state index < -0.39 is 5.54 Å². The van der Waals surface area contributed by atoms with Crippen LogP contribution in [0, 0.1) is 0 Å². The molecule has 132 valence electrons. The van der Waals surface area contributed by atoms with Gasteiger partial charge in [0.2, 0.25) is 5.91 Å². The number of nitrogens with one attached hydrogen (secondary N) is 2. The van der Waals surface area contributed by atoms with E-state index >= 15 is 0 Å². The minimum absolute atomic E-state index is 0.0439. The van der Waals surface area contributed by atoms with Gasteiger partial charge in [-0.3, -0.25) is 14.5 Å². The van der Waals surface area contributed by atoms with Gasteiger partial charge in [0.1, 0.15) is 11.1 Å². The third kappa shape index (κ3) is 3.05. The van der Waals surface area contributed by atoms with Crippen LogP contribution in [-0.2, 0) is 11.3 Å². The third-order valence-electron chi connectivity index (χ3n) is 5.22. The average Bonchev–Trinajstić information content (AvgIpc) is 2.62. The Morgan fingerprint density at radius 2 is 2.00 bits per heavy atom. The summed E-state index contributed by atoms with van der Waals surface area (Å²) in [7, 11) is 0. The van der Waals surface area contributed by atoms with Crippen LogP contribution in [0.5, 0.6) is 0 Å². The lowest BCUT2D eigenvalue weighted by atomic mass is 9.85. The van der Waals surface area contributed by atoms with Crippen molar-refractivity contribution in [2.45, 2.75) is 24.9 Å². The van der Waals surface area contributed by atoms with Crippen LogP contribution in [0.3, 0.4) is 0 Å². The highest BCUT2D eigenvalue weighted by molar-refractivity contribution is 6.31. The van der Waals surface area contributed by atoms with Gasteiger partial charge in [0.15, 0.2) is 5.43 Å². The second-order valence-corrected chi connectivity index (χ2v) is 7.21. The first kappa shape index (κ1) is 16.6. The molecule has 3 heterocycles. The molecular weight excluding hydrogens is 342 g/mol. The van der Waals surface area contributed by atoms with Crippen LogP contribution in [0.2, 0.25) is 5.02 Å². The first-order valence-corrected chi connectivity index (χ1v) is 8.91. The van der Waals surface area contributed by atoms with E-state index in [-0.39, 0.29) is 11.3 Å². The van der Waals surface area contributed by atoms with Gasteiger partial charge < -0.3 is 15.1 Å². The summed E-state index contributed by atoms with van der Waals surface area (Å²) in [5.74, 6) is 0.0956. The highest BCUT2D eigenvalue weighted by atomic mass is 35.5. The van der Waals surface area contributed by atoms with Gasteiger partial charge in [-0.1, -0.05) is 11.6 Å².